The molecule has 1 saturated heterocycles. The van der Waals surface area contributed by atoms with E-state index in [2.05, 4.69) is 33.0 Å². The number of nitrogens with zero attached hydrogens (tertiary/aromatic N) is 1. The lowest BCUT2D eigenvalue weighted by Crippen LogP contribution is -2.40. The molecule has 4 rings (SSSR count). The number of nitrogens with one attached hydrogen (secondary N) is 2. The summed E-state index contributed by atoms with van der Waals surface area (Å²) in [7, 11) is 0. The Balaban J connectivity index is 1.27. The minimum Gasteiger partial charge on any atom is -0.355 e. The van der Waals surface area contributed by atoms with Crippen LogP contribution in [0.4, 0.5) is 5.69 Å². The normalized spacial score (nSPS) is 20.7. The Morgan fingerprint density at radius 3 is 2.78 bits per heavy atom. The third kappa shape index (κ3) is 4.39. The lowest BCUT2D eigenvalue weighted by molar-refractivity contribution is -0.126. The molecule has 1 fully saturated rings. The van der Waals surface area contributed by atoms with E-state index in [9.17, 15) is 9.59 Å². The minimum absolute atomic E-state index is 0.0293. The summed E-state index contributed by atoms with van der Waals surface area (Å²) in [6, 6.07) is 11.9. The summed E-state index contributed by atoms with van der Waals surface area (Å²) in [5, 5.41) is 8.08. The number of rotatable bonds is 5. The van der Waals surface area contributed by atoms with E-state index in [0.29, 0.717) is 12.5 Å². The second-order valence-corrected chi connectivity index (χ2v) is 8.47. The number of para-hydroxylation sites is 1. The molecule has 27 heavy (non-hydrogen) atoms. The van der Waals surface area contributed by atoms with Gasteiger partial charge in [-0.15, -0.1) is 11.3 Å². The number of carbonyl (C=O) groups excluding carboxylic acids is 2. The van der Waals surface area contributed by atoms with E-state index in [1.165, 1.54) is 4.88 Å². The van der Waals surface area contributed by atoms with Gasteiger partial charge < -0.3 is 10.6 Å². The summed E-state index contributed by atoms with van der Waals surface area (Å²) >= 11 is 1.81. The van der Waals surface area contributed by atoms with Crippen molar-refractivity contribution in [3.8, 4) is 0 Å². The molecular formula is C21H25N3O2S. The van der Waals surface area contributed by atoms with Gasteiger partial charge in [-0.2, -0.15) is 0 Å². The number of anilines is 1. The molecule has 0 saturated carbocycles. The van der Waals surface area contributed by atoms with E-state index in [4.69, 9.17) is 0 Å². The van der Waals surface area contributed by atoms with Crippen LogP contribution in [0.2, 0.25) is 0 Å². The monoisotopic (exact) mass is 383 g/mol. The summed E-state index contributed by atoms with van der Waals surface area (Å²) in [4.78, 5) is 28.5. The van der Waals surface area contributed by atoms with Crippen LogP contribution in [0.5, 0.6) is 0 Å². The fourth-order valence-electron chi connectivity index (χ4n) is 3.98. The Labute approximate surface area is 163 Å². The van der Waals surface area contributed by atoms with Crippen molar-refractivity contribution in [1.29, 1.82) is 0 Å². The minimum atomic E-state index is -0.381. The predicted octanol–water partition coefficient (Wildman–Crippen LogP) is 3.20. The SMILES string of the molecule is O=C1CC(C(=O)NCC2CCN(Cc3cccs3)CC2)c2ccccc2N1. The molecule has 1 aromatic carbocycles. The van der Waals surface area contributed by atoms with Gasteiger partial charge in [0.25, 0.3) is 0 Å². The van der Waals surface area contributed by atoms with E-state index >= 15 is 0 Å². The molecule has 1 aromatic heterocycles. The van der Waals surface area contributed by atoms with Crippen molar-refractivity contribution < 1.29 is 9.59 Å². The van der Waals surface area contributed by atoms with Gasteiger partial charge in [0, 0.05) is 30.1 Å². The molecule has 0 spiro atoms. The fourth-order valence-corrected chi connectivity index (χ4v) is 4.73. The first-order chi connectivity index (χ1) is 13.2. The van der Waals surface area contributed by atoms with Gasteiger partial charge in [-0.1, -0.05) is 24.3 Å². The highest BCUT2D eigenvalue weighted by Crippen LogP contribution is 2.32. The number of carbonyl (C=O) groups is 2. The third-order valence-electron chi connectivity index (χ3n) is 5.55. The first kappa shape index (κ1) is 18.2. The van der Waals surface area contributed by atoms with Crippen LogP contribution >= 0.6 is 11.3 Å². The lowest BCUT2D eigenvalue weighted by Gasteiger charge is -2.32. The van der Waals surface area contributed by atoms with Gasteiger partial charge in [0.05, 0.1) is 5.92 Å². The summed E-state index contributed by atoms with van der Waals surface area (Å²) in [5.41, 5.74) is 1.68. The van der Waals surface area contributed by atoms with Crippen LogP contribution in [0.1, 0.15) is 35.6 Å². The maximum atomic E-state index is 12.7. The smallest absolute Gasteiger partial charge is 0.228 e. The number of likely N-dealkylation sites (tertiary alicyclic amines) is 1. The van der Waals surface area contributed by atoms with Gasteiger partial charge in [-0.3, -0.25) is 14.5 Å². The van der Waals surface area contributed by atoms with Crippen molar-refractivity contribution in [3.05, 3.63) is 52.2 Å². The largest absolute Gasteiger partial charge is 0.355 e. The molecule has 2 aliphatic heterocycles. The average molecular weight is 384 g/mol. The molecule has 5 nitrogen and oxygen atoms in total. The van der Waals surface area contributed by atoms with Gasteiger partial charge in [-0.25, -0.2) is 0 Å². The average Bonchev–Trinajstić information content (AvgIpc) is 3.19. The topological polar surface area (TPSA) is 61.4 Å². The van der Waals surface area contributed by atoms with Crippen LogP contribution < -0.4 is 10.6 Å². The van der Waals surface area contributed by atoms with Gasteiger partial charge in [0.15, 0.2) is 0 Å². The van der Waals surface area contributed by atoms with E-state index in [-0.39, 0.29) is 24.2 Å². The summed E-state index contributed by atoms with van der Waals surface area (Å²) in [6.07, 6.45) is 2.43. The molecule has 1 unspecified atom stereocenters. The van der Waals surface area contributed by atoms with Crippen LogP contribution in [0.15, 0.2) is 41.8 Å². The number of hydrogen-bond donors (Lipinski definition) is 2. The van der Waals surface area contributed by atoms with E-state index in [1.807, 2.05) is 35.6 Å². The molecule has 1 atom stereocenters. The maximum absolute atomic E-state index is 12.7. The molecule has 0 radical (unpaired) electrons. The molecule has 2 aromatic rings. The number of thiophene rings is 1. The highest BCUT2D eigenvalue weighted by Gasteiger charge is 2.30. The third-order valence-corrected chi connectivity index (χ3v) is 6.41. The van der Waals surface area contributed by atoms with Crippen molar-refractivity contribution in [1.82, 2.24) is 10.2 Å². The predicted molar refractivity (Wildman–Crippen MR) is 108 cm³/mol. The van der Waals surface area contributed by atoms with Crippen molar-refractivity contribution in [2.75, 3.05) is 25.0 Å². The van der Waals surface area contributed by atoms with Crippen LogP contribution in [-0.4, -0.2) is 36.3 Å². The van der Waals surface area contributed by atoms with Crippen LogP contribution in [0.25, 0.3) is 0 Å². The Morgan fingerprint density at radius 1 is 1.19 bits per heavy atom. The molecule has 2 N–H and O–H groups in total. The standard InChI is InChI=1S/C21H25N3O2S/c25-20-12-18(17-5-1-2-6-19(17)23-20)21(26)22-13-15-7-9-24(10-8-15)14-16-4-3-11-27-16/h1-6,11,15,18H,7-10,12-14H2,(H,22,26)(H,23,25). The first-order valence-electron chi connectivity index (χ1n) is 9.60. The van der Waals surface area contributed by atoms with E-state index in [0.717, 1.165) is 43.7 Å². The van der Waals surface area contributed by atoms with Crippen molar-refractivity contribution in [2.24, 2.45) is 5.92 Å². The lowest BCUT2D eigenvalue weighted by atomic mass is 9.89. The van der Waals surface area contributed by atoms with Crippen molar-refractivity contribution >= 4 is 28.8 Å². The molecule has 6 heteroatoms. The Hall–Kier alpha value is -2.18. The van der Waals surface area contributed by atoms with Crippen LogP contribution in [0.3, 0.4) is 0 Å². The fraction of sp³-hybridized carbons (Fsp3) is 0.429. The van der Waals surface area contributed by atoms with Gasteiger partial charge in [0.1, 0.15) is 0 Å². The first-order valence-corrected chi connectivity index (χ1v) is 10.5. The summed E-state index contributed by atoms with van der Waals surface area (Å²) < 4.78 is 0. The zero-order valence-corrected chi connectivity index (χ0v) is 16.1. The van der Waals surface area contributed by atoms with Gasteiger partial charge in [-0.05, 0) is 54.9 Å². The Bertz CT molecular complexity index is 798. The number of piperidine rings is 1. The van der Waals surface area contributed by atoms with E-state index in [1.54, 1.807) is 0 Å². The molecule has 142 valence electrons. The number of hydrogen-bond acceptors (Lipinski definition) is 4. The molecule has 0 bridgehead atoms. The van der Waals surface area contributed by atoms with Gasteiger partial charge in [0.2, 0.25) is 11.8 Å². The number of amides is 2. The molecule has 2 amide bonds. The molecule has 0 aliphatic carbocycles. The Morgan fingerprint density at radius 2 is 2.00 bits per heavy atom. The van der Waals surface area contributed by atoms with Crippen LogP contribution in [-0.2, 0) is 16.1 Å². The van der Waals surface area contributed by atoms with Gasteiger partial charge >= 0.3 is 0 Å². The molecule has 3 heterocycles. The second kappa shape index (κ2) is 8.23. The maximum Gasteiger partial charge on any atom is 0.228 e. The highest BCUT2D eigenvalue weighted by atomic mass is 32.1. The second-order valence-electron chi connectivity index (χ2n) is 7.44. The quantitative estimate of drug-likeness (QED) is 0.833. The molecular weight excluding hydrogens is 358 g/mol. The Kier molecular flexibility index (Phi) is 5.55. The van der Waals surface area contributed by atoms with Crippen molar-refractivity contribution in [2.45, 2.75) is 31.7 Å². The summed E-state index contributed by atoms with van der Waals surface area (Å²) in [6.45, 7) is 3.89. The number of benzene rings is 1. The van der Waals surface area contributed by atoms with Crippen molar-refractivity contribution in [3.63, 3.8) is 0 Å². The zero-order valence-electron chi connectivity index (χ0n) is 15.3. The number of fused-ring (bicyclic) bond motifs is 1. The summed E-state index contributed by atoms with van der Waals surface area (Å²) in [5.74, 6) is 0.0177. The van der Waals surface area contributed by atoms with Crippen LogP contribution in [0, 0.1) is 5.92 Å². The zero-order chi connectivity index (χ0) is 18.6. The van der Waals surface area contributed by atoms with E-state index < -0.39 is 0 Å². The highest BCUT2D eigenvalue weighted by molar-refractivity contribution is 7.09. The molecule has 2 aliphatic rings.